The molecule has 7 heteroatoms. The lowest BCUT2D eigenvalue weighted by Crippen LogP contribution is -2.48. The maximum Gasteiger partial charge on any atom is 0.331 e. The van der Waals surface area contributed by atoms with E-state index in [1.807, 2.05) is 13.0 Å². The fourth-order valence-corrected chi connectivity index (χ4v) is 3.15. The van der Waals surface area contributed by atoms with Crippen molar-refractivity contribution in [1.29, 1.82) is 5.26 Å². The molecular formula is C16H20N4O3. The van der Waals surface area contributed by atoms with Gasteiger partial charge in [-0.1, -0.05) is 0 Å². The fraction of sp³-hybridized carbons (Fsp3) is 0.625. The zero-order valence-corrected chi connectivity index (χ0v) is 13.2. The SMILES string of the molecule is C[C@H]1CCCCN1C(=O)Cn1c(=O)c(C#N)cn(C2CC2)c1=O. The second-order valence-electron chi connectivity index (χ2n) is 6.40. The van der Waals surface area contributed by atoms with Crippen LogP contribution in [0.4, 0.5) is 0 Å². The van der Waals surface area contributed by atoms with Crippen LogP contribution in [0.15, 0.2) is 15.8 Å². The number of hydrogen-bond acceptors (Lipinski definition) is 4. The molecule has 1 saturated carbocycles. The van der Waals surface area contributed by atoms with Crippen LogP contribution >= 0.6 is 0 Å². The molecule has 1 aliphatic heterocycles. The molecule has 122 valence electrons. The number of carbonyl (C=O) groups excluding carboxylic acids is 1. The van der Waals surface area contributed by atoms with Gasteiger partial charge in [-0.05, 0) is 39.0 Å². The molecule has 1 aromatic rings. The van der Waals surface area contributed by atoms with Crippen molar-refractivity contribution in [1.82, 2.24) is 14.0 Å². The van der Waals surface area contributed by atoms with Gasteiger partial charge in [-0.2, -0.15) is 5.26 Å². The van der Waals surface area contributed by atoms with E-state index in [4.69, 9.17) is 5.26 Å². The van der Waals surface area contributed by atoms with Crippen molar-refractivity contribution in [3.8, 4) is 6.07 Å². The van der Waals surface area contributed by atoms with Gasteiger partial charge >= 0.3 is 5.69 Å². The van der Waals surface area contributed by atoms with E-state index < -0.39 is 11.2 Å². The van der Waals surface area contributed by atoms with E-state index in [0.29, 0.717) is 6.54 Å². The van der Waals surface area contributed by atoms with Gasteiger partial charge in [0, 0.05) is 24.8 Å². The molecule has 1 aromatic heterocycles. The van der Waals surface area contributed by atoms with E-state index in [9.17, 15) is 14.4 Å². The molecule has 23 heavy (non-hydrogen) atoms. The molecule has 0 N–H and O–H groups in total. The highest BCUT2D eigenvalue weighted by molar-refractivity contribution is 5.76. The molecule has 0 unspecified atom stereocenters. The zero-order valence-electron chi connectivity index (χ0n) is 13.2. The van der Waals surface area contributed by atoms with Gasteiger partial charge < -0.3 is 4.90 Å². The zero-order chi connectivity index (χ0) is 16.6. The summed E-state index contributed by atoms with van der Waals surface area (Å²) in [6, 6.07) is 2.00. The Morgan fingerprint density at radius 1 is 1.30 bits per heavy atom. The van der Waals surface area contributed by atoms with Crippen LogP contribution in [0.2, 0.25) is 0 Å². The highest BCUT2D eigenvalue weighted by atomic mass is 16.2. The first-order valence-corrected chi connectivity index (χ1v) is 8.08. The number of nitriles is 1. The lowest BCUT2D eigenvalue weighted by Gasteiger charge is -2.33. The third-order valence-electron chi connectivity index (χ3n) is 4.67. The quantitative estimate of drug-likeness (QED) is 0.817. The molecule has 0 radical (unpaired) electrons. The minimum absolute atomic E-state index is 0.0467. The second-order valence-corrected chi connectivity index (χ2v) is 6.40. The van der Waals surface area contributed by atoms with Crippen molar-refractivity contribution in [2.24, 2.45) is 0 Å². The largest absolute Gasteiger partial charge is 0.338 e. The van der Waals surface area contributed by atoms with Gasteiger partial charge in [0.1, 0.15) is 18.2 Å². The van der Waals surface area contributed by atoms with E-state index in [1.165, 1.54) is 10.8 Å². The smallest absolute Gasteiger partial charge is 0.331 e. The topological polar surface area (TPSA) is 88.1 Å². The van der Waals surface area contributed by atoms with Crippen LogP contribution in [0.1, 0.15) is 50.6 Å². The van der Waals surface area contributed by atoms with Crippen LogP contribution in [-0.4, -0.2) is 32.5 Å². The van der Waals surface area contributed by atoms with Crippen molar-refractivity contribution >= 4 is 5.91 Å². The normalized spacial score (nSPS) is 21.0. The fourth-order valence-electron chi connectivity index (χ4n) is 3.15. The van der Waals surface area contributed by atoms with Crippen molar-refractivity contribution in [2.75, 3.05) is 6.54 Å². The molecule has 1 amide bonds. The molecule has 2 heterocycles. The number of amides is 1. The third-order valence-corrected chi connectivity index (χ3v) is 4.67. The maximum atomic E-state index is 12.5. The minimum Gasteiger partial charge on any atom is -0.338 e. The predicted molar refractivity (Wildman–Crippen MR) is 83.0 cm³/mol. The summed E-state index contributed by atoms with van der Waals surface area (Å²) in [4.78, 5) is 39.0. The highest BCUT2D eigenvalue weighted by Crippen LogP contribution is 2.33. The molecular weight excluding hydrogens is 296 g/mol. The van der Waals surface area contributed by atoms with E-state index in [-0.39, 0.29) is 30.1 Å². The Morgan fingerprint density at radius 3 is 2.65 bits per heavy atom. The van der Waals surface area contributed by atoms with E-state index in [2.05, 4.69) is 0 Å². The molecule has 1 atom stereocenters. The number of rotatable bonds is 3. The van der Waals surface area contributed by atoms with E-state index >= 15 is 0 Å². The Labute approximate surface area is 133 Å². The summed E-state index contributed by atoms with van der Waals surface area (Å²) >= 11 is 0. The van der Waals surface area contributed by atoms with Gasteiger partial charge in [-0.25, -0.2) is 9.36 Å². The van der Waals surface area contributed by atoms with Crippen LogP contribution < -0.4 is 11.2 Å². The number of nitrogens with zero attached hydrogens (tertiary/aromatic N) is 4. The van der Waals surface area contributed by atoms with Crippen molar-refractivity contribution < 1.29 is 4.79 Å². The van der Waals surface area contributed by atoms with Gasteiger partial charge in [-0.15, -0.1) is 0 Å². The summed E-state index contributed by atoms with van der Waals surface area (Å²) in [5, 5.41) is 9.11. The Balaban J connectivity index is 1.94. The summed E-state index contributed by atoms with van der Waals surface area (Å²) in [6.45, 7) is 2.35. The molecule has 2 aliphatic rings. The summed E-state index contributed by atoms with van der Waals surface area (Å²) in [5.74, 6) is -0.228. The lowest BCUT2D eigenvalue weighted by molar-refractivity contribution is -0.135. The molecule has 3 rings (SSSR count). The average Bonchev–Trinajstić information content (AvgIpc) is 3.36. The molecule has 1 saturated heterocycles. The summed E-state index contributed by atoms with van der Waals surface area (Å²) in [5.41, 5.74) is -1.25. The standard InChI is InChI=1S/C16H20N4O3/c1-11-4-2-3-7-18(11)14(21)10-20-15(22)12(8-17)9-19(16(20)23)13-5-6-13/h9,11,13H,2-7,10H2,1H3/t11-/m0/s1. The summed E-state index contributed by atoms with van der Waals surface area (Å²) in [6.07, 6.45) is 6.01. The van der Waals surface area contributed by atoms with Crippen LogP contribution in [0.5, 0.6) is 0 Å². The monoisotopic (exact) mass is 316 g/mol. The van der Waals surface area contributed by atoms with Crippen molar-refractivity contribution in [3.05, 3.63) is 32.6 Å². The molecule has 0 spiro atoms. The number of carbonyl (C=O) groups is 1. The van der Waals surface area contributed by atoms with Crippen LogP contribution in [0.3, 0.4) is 0 Å². The van der Waals surface area contributed by atoms with Crippen LogP contribution in [0, 0.1) is 11.3 Å². The van der Waals surface area contributed by atoms with E-state index in [1.54, 1.807) is 4.90 Å². The van der Waals surface area contributed by atoms with Gasteiger partial charge in [0.25, 0.3) is 5.56 Å². The van der Waals surface area contributed by atoms with Gasteiger partial charge in [0.15, 0.2) is 0 Å². The summed E-state index contributed by atoms with van der Waals surface area (Å²) < 4.78 is 2.34. The lowest BCUT2D eigenvalue weighted by atomic mass is 10.0. The second kappa shape index (κ2) is 6.03. The Kier molecular flexibility index (Phi) is 4.07. The van der Waals surface area contributed by atoms with Crippen molar-refractivity contribution in [3.63, 3.8) is 0 Å². The third kappa shape index (κ3) is 2.93. The number of hydrogen-bond donors (Lipinski definition) is 0. The highest BCUT2D eigenvalue weighted by Gasteiger charge is 2.29. The minimum atomic E-state index is -0.674. The predicted octanol–water partition coefficient (Wildman–Crippen LogP) is 0.618. The maximum absolute atomic E-state index is 12.5. The van der Waals surface area contributed by atoms with E-state index in [0.717, 1.165) is 36.7 Å². The Morgan fingerprint density at radius 2 is 2.04 bits per heavy atom. The molecule has 0 bridgehead atoms. The summed E-state index contributed by atoms with van der Waals surface area (Å²) in [7, 11) is 0. The van der Waals surface area contributed by atoms with Gasteiger partial charge in [0.05, 0.1) is 0 Å². The first-order chi connectivity index (χ1) is 11.0. The average molecular weight is 316 g/mol. The van der Waals surface area contributed by atoms with Crippen LogP contribution in [-0.2, 0) is 11.3 Å². The number of piperidine rings is 1. The molecule has 2 fully saturated rings. The molecule has 7 nitrogen and oxygen atoms in total. The van der Waals surface area contributed by atoms with Crippen molar-refractivity contribution in [2.45, 2.75) is 57.7 Å². The first-order valence-electron chi connectivity index (χ1n) is 8.08. The molecule has 1 aliphatic carbocycles. The van der Waals surface area contributed by atoms with Gasteiger partial charge in [0.2, 0.25) is 5.91 Å². The number of likely N-dealkylation sites (tertiary alicyclic amines) is 1. The van der Waals surface area contributed by atoms with Crippen LogP contribution in [0.25, 0.3) is 0 Å². The Bertz CT molecular complexity index is 782. The van der Waals surface area contributed by atoms with Gasteiger partial charge in [-0.3, -0.25) is 14.2 Å². The number of aromatic nitrogens is 2. The Hall–Kier alpha value is -2.36. The first kappa shape index (κ1) is 15.5. The molecule has 0 aromatic carbocycles.